The Morgan fingerprint density at radius 1 is 1.11 bits per heavy atom. The van der Waals surface area contributed by atoms with E-state index in [0.717, 1.165) is 30.2 Å². The molecule has 0 spiro atoms. The smallest absolute Gasteiger partial charge is 0.319 e. The van der Waals surface area contributed by atoms with Crippen molar-refractivity contribution in [1.82, 2.24) is 5.32 Å². The van der Waals surface area contributed by atoms with Gasteiger partial charge >= 0.3 is 6.03 Å². The first-order valence-corrected chi connectivity index (χ1v) is 9.83. The van der Waals surface area contributed by atoms with Gasteiger partial charge in [0.2, 0.25) is 0 Å². The number of para-hydroxylation sites is 2. The summed E-state index contributed by atoms with van der Waals surface area (Å²) in [4.78, 5) is 14.5. The van der Waals surface area contributed by atoms with Crippen molar-refractivity contribution >= 4 is 17.4 Å². The number of hydrogen-bond donors (Lipinski definition) is 2. The topological polar surface area (TPSA) is 62.8 Å². The Kier molecular flexibility index (Phi) is 7.14. The van der Waals surface area contributed by atoms with Crippen molar-refractivity contribution < 1.29 is 14.3 Å². The Labute approximate surface area is 166 Å². The third kappa shape index (κ3) is 5.63. The largest absolute Gasteiger partial charge is 0.492 e. The van der Waals surface area contributed by atoms with Crippen LogP contribution >= 0.6 is 0 Å². The van der Waals surface area contributed by atoms with E-state index in [-0.39, 0.29) is 6.03 Å². The third-order valence-corrected chi connectivity index (χ3v) is 4.71. The molecule has 6 heteroatoms. The second kappa shape index (κ2) is 9.99. The number of rotatable bonds is 7. The van der Waals surface area contributed by atoms with Gasteiger partial charge in [0.1, 0.15) is 12.4 Å². The van der Waals surface area contributed by atoms with Crippen molar-refractivity contribution in [2.45, 2.75) is 19.8 Å². The van der Waals surface area contributed by atoms with Gasteiger partial charge in [-0.2, -0.15) is 0 Å². The predicted molar refractivity (Wildman–Crippen MR) is 113 cm³/mol. The predicted octanol–water partition coefficient (Wildman–Crippen LogP) is 3.85. The minimum absolute atomic E-state index is 0.237. The molecule has 0 bridgehead atoms. The van der Waals surface area contributed by atoms with Crippen LogP contribution in [0.1, 0.15) is 25.3 Å². The van der Waals surface area contributed by atoms with Crippen LogP contribution in [0.5, 0.6) is 5.75 Å². The van der Waals surface area contributed by atoms with Crippen LogP contribution in [0.2, 0.25) is 0 Å². The molecular formula is C22H29N3O3. The van der Waals surface area contributed by atoms with E-state index < -0.39 is 0 Å². The number of carbonyl (C=O) groups excluding carboxylic acids is 1. The van der Waals surface area contributed by atoms with Crippen molar-refractivity contribution in [3.05, 3.63) is 54.1 Å². The molecule has 0 radical (unpaired) electrons. The van der Waals surface area contributed by atoms with Crippen molar-refractivity contribution in [1.29, 1.82) is 0 Å². The summed E-state index contributed by atoms with van der Waals surface area (Å²) in [6, 6.07) is 15.7. The molecule has 1 fully saturated rings. The van der Waals surface area contributed by atoms with Crippen LogP contribution < -0.4 is 20.3 Å². The van der Waals surface area contributed by atoms with Gasteiger partial charge in [-0.25, -0.2) is 4.79 Å². The van der Waals surface area contributed by atoms with E-state index in [1.54, 1.807) is 0 Å². The summed E-state index contributed by atoms with van der Waals surface area (Å²) < 4.78 is 11.1. The van der Waals surface area contributed by atoms with Crippen LogP contribution in [0.4, 0.5) is 16.2 Å². The lowest BCUT2D eigenvalue weighted by Gasteiger charge is -2.30. The molecule has 1 aliphatic heterocycles. The average Bonchev–Trinajstić information content (AvgIpc) is 2.72. The maximum atomic E-state index is 12.3. The van der Waals surface area contributed by atoms with Gasteiger partial charge in [-0.1, -0.05) is 38.1 Å². The number of hydrogen-bond acceptors (Lipinski definition) is 4. The standard InChI is InChI=1S/C22H29N3O3/c1-17(2)18-7-9-19(10-8-18)28-14-11-23-22(26)24-20-5-3-4-6-21(20)25-12-15-27-16-13-25/h3-10,17H,11-16H2,1-2H3,(H2,23,24,26). The summed E-state index contributed by atoms with van der Waals surface area (Å²) in [5, 5.41) is 5.78. The van der Waals surface area contributed by atoms with Crippen molar-refractivity contribution in [3.63, 3.8) is 0 Å². The Hall–Kier alpha value is -2.73. The Balaban J connectivity index is 1.44. The van der Waals surface area contributed by atoms with Gasteiger partial charge in [-0.15, -0.1) is 0 Å². The molecule has 0 aliphatic carbocycles. The number of amides is 2. The quantitative estimate of drug-likeness (QED) is 0.713. The van der Waals surface area contributed by atoms with E-state index in [1.807, 2.05) is 36.4 Å². The molecule has 2 amide bonds. The first-order chi connectivity index (χ1) is 13.6. The Morgan fingerprint density at radius 3 is 2.54 bits per heavy atom. The molecule has 6 nitrogen and oxygen atoms in total. The third-order valence-electron chi connectivity index (χ3n) is 4.71. The lowest BCUT2D eigenvalue weighted by molar-refractivity contribution is 0.123. The maximum Gasteiger partial charge on any atom is 0.319 e. The molecule has 0 unspecified atom stereocenters. The number of carbonyl (C=O) groups is 1. The monoisotopic (exact) mass is 383 g/mol. The fraction of sp³-hybridized carbons (Fsp3) is 0.409. The number of benzene rings is 2. The van der Waals surface area contributed by atoms with Crippen molar-refractivity contribution in [2.75, 3.05) is 49.7 Å². The zero-order chi connectivity index (χ0) is 19.8. The number of ether oxygens (including phenoxy) is 2. The second-order valence-electron chi connectivity index (χ2n) is 7.07. The SMILES string of the molecule is CC(C)c1ccc(OCCNC(=O)Nc2ccccc2N2CCOCC2)cc1. The Bertz CT molecular complexity index is 756. The van der Waals surface area contributed by atoms with Crippen molar-refractivity contribution in [3.8, 4) is 5.75 Å². The second-order valence-corrected chi connectivity index (χ2v) is 7.07. The zero-order valence-corrected chi connectivity index (χ0v) is 16.6. The van der Waals surface area contributed by atoms with Crippen LogP contribution in [0, 0.1) is 0 Å². The van der Waals surface area contributed by atoms with Crippen LogP contribution in [-0.2, 0) is 4.74 Å². The molecule has 1 saturated heterocycles. The fourth-order valence-corrected chi connectivity index (χ4v) is 3.11. The van der Waals surface area contributed by atoms with Gasteiger partial charge < -0.3 is 25.0 Å². The normalized spacial score (nSPS) is 14.0. The summed E-state index contributed by atoms with van der Waals surface area (Å²) in [6.45, 7) is 8.22. The summed E-state index contributed by atoms with van der Waals surface area (Å²) in [7, 11) is 0. The first-order valence-electron chi connectivity index (χ1n) is 9.83. The molecule has 28 heavy (non-hydrogen) atoms. The van der Waals surface area contributed by atoms with Gasteiger partial charge in [-0.05, 0) is 35.7 Å². The highest BCUT2D eigenvalue weighted by Gasteiger charge is 2.15. The number of anilines is 2. The van der Waals surface area contributed by atoms with Crippen LogP contribution in [0.25, 0.3) is 0 Å². The molecule has 0 atom stereocenters. The van der Waals surface area contributed by atoms with Crippen LogP contribution in [0.3, 0.4) is 0 Å². The lowest BCUT2D eigenvalue weighted by atomic mass is 10.0. The van der Waals surface area contributed by atoms with Crippen LogP contribution in [-0.4, -0.2) is 45.5 Å². The highest BCUT2D eigenvalue weighted by atomic mass is 16.5. The highest BCUT2D eigenvalue weighted by Crippen LogP contribution is 2.26. The van der Waals surface area contributed by atoms with Gasteiger partial charge in [0.25, 0.3) is 0 Å². The molecule has 2 aromatic carbocycles. The average molecular weight is 383 g/mol. The highest BCUT2D eigenvalue weighted by molar-refractivity contribution is 5.93. The number of urea groups is 1. The molecule has 2 aromatic rings. The van der Waals surface area contributed by atoms with E-state index in [4.69, 9.17) is 9.47 Å². The molecule has 150 valence electrons. The minimum Gasteiger partial charge on any atom is -0.492 e. The first kappa shape index (κ1) is 20.0. The minimum atomic E-state index is -0.237. The van der Waals surface area contributed by atoms with E-state index in [2.05, 4.69) is 41.5 Å². The van der Waals surface area contributed by atoms with Gasteiger partial charge in [-0.3, -0.25) is 0 Å². The van der Waals surface area contributed by atoms with E-state index in [0.29, 0.717) is 32.3 Å². The summed E-state index contributed by atoms with van der Waals surface area (Å²) in [5.74, 6) is 1.31. The Morgan fingerprint density at radius 2 is 1.82 bits per heavy atom. The van der Waals surface area contributed by atoms with Gasteiger partial charge in [0.05, 0.1) is 31.1 Å². The summed E-state index contributed by atoms with van der Waals surface area (Å²) in [6.07, 6.45) is 0. The summed E-state index contributed by atoms with van der Waals surface area (Å²) >= 11 is 0. The summed E-state index contributed by atoms with van der Waals surface area (Å²) in [5.41, 5.74) is 3.10. The maximum absolute atomic E-state index is 12.3. The van der Waals surface area contributed by atoms with E-state index in [1.165, 1.54) is 5.56 Å². The van der Waals surface area contributed by atoms with E-state index >= 15 is 0 Å². The fourth-order valence-electron chi connectivity index (χ4n) is 3.11. The van der Waals surface area contributed by atoms with Crippen molar-refractivity contribution in [2.24, 2.45) is 0 Å². The molecule has 3 rings (SSSR count). The lowest BCUT2D eigenvalue weighted by Crippen LogP contribution is -2.37. The molecule has 1 heterocycles. The number of morpholine rings is 1. The molecule has 2 N–H and O–H groups in total. The van der Waals surface area contributed by atoms with Gasteiger partial charge in [0, 0.05) is 13.1 Å². The van der Waals surface area contributed by atoms with Crippen LogP contribution in [0.15, 0.2) is 48.5 Å². The number of nitrogens with zero attached hydrogens (tertiary/aromatic N) is 1. The molecular weight excluding hydrogens is 354 g/mol. The molecule has 0 aromatic heterocycles. The molecule has 0 saturated carbocycles. The zero-order valence-electron chi connectivity index (χ0n) is 16.6. The van der Waals surface area contributed by atoms with E-state index in [9.17, 15) is 4.79 Å². The van der Waals surface area contributed by atoms with Gasteiger partial charge in [0.15, 0.2) is 0 Å². The number of nitrogens with one attached hydrogen (secondary N) is 2. The molecule has 1 aliphatic rings.